The van der Waals surface area contributed by atoms with E-state index < -0.39 is 0 Å². The SMILES string of the molecule is COc1ccc(CCN2CC(c3noc(-c4ccc(N(C)C)cc4)n3)CC2=O)cc1OC. The van der Waals surface area contributed by atoms with Crippen LogP contribution in [-0.4, -0.2) is 62.4 Å². The quantitative estimate of drug-likeness (QED) is 0.535. The predicted molar refractivity (Wildman–Crippen MR) is 121 cm³/mol. The largest absolute Gasteiger partial charge is 0.493 e. The summed E-state index contributed by atoms with van der Waals surface area (Å²) in [4.78, 5) is 21.0. The Morgan fingerprint density at radius 2 is 1.84 bits per heavy atom. The molecule has 0 radical (unpaired) electrons. The van der Waals surface area contributed by atoms with Gasteiger partial charge in [-0.15, -0.1) is 0 Å². The summed E-state index contributed by atoms with van der Waals surface area (Å²) in [5.74, 6) is 2.48. The second-order valence-corrected chi connectivity index (χ2v) is 8.08. The molecule has 1 saturated heterocycles. The molecule has 1 fully saturated rings. The summed E-state index contributed by atoms with van der Waals surface area (Å²) < 4.78 is 16.1. The number of hydrogen-bond donors (Lipinski definition) is 0. The van der Waals surface area contributed by atoms with Crippen molar-refractivity contribution in [3.05, 3.63) is 53.9 Å². The first-order valence-electron chi connectivity index (χ1n) is 10.6. The van der Waals surface area contributed by atoms with Crippen molar-refractivity contribution in [1.29, 1.82) is 0 Å². The molecule has 0 saturated carbocycles. The first-order valence-corrected chi connectivity index (χ1v) is 10.6. The second kappa shape index (κ2) is 9.30. The van der Waals surface area contributed by atoms with Crippen molar-refractivity contribution in [2.45, 2.75) is 18.8 Å². The number of benzene rings is 2. The minimum atomic E-state index is -0.0635. The van der Waals surface area contributed by atoms with E-state index in [1.54, 1.807) is 14.2 Å². The van der Waals surface area contributed by atoms with Gasteiger partial charge in [0.1, 0.15) is 0 Å². The van der Waals surface area contributed by atoms with Gasteiger partial charge in [-0.3, -0.25) is 4.79 Å². The average Bonchev–Trinajstić information content (AvgIpc) is 3.44. The van der Waals surface area contributed by atoms with Crippen LogP contribution < -0.4 is 14.4 Å². The number of likely N-dealkylation sites (tertiary alicyclic amines) is 1. The molecule has 2 aromatic carbocycles. The standard InChI is InChI=1S/C24H28N4O4/c1-27(2)19-8-6-17(7-9-19)24-25-23(26-32-24)18-14-22(29)28(15-18)12-11-16-5-10-20(30-3)21(13-16)31-4/h5-10,13,18H,11-12,14-15H2,1-4H3. The molecule has 1 unspecified atom stereocenters. The zero-order valence-electron chi connectivity index (χ0n) is 18.9. The Labute approximate surface area is 187 Å². The van der Waals surface area contributed by atoms with Crippen molar-refractivity contribution in [1.82, 2.24) is 15.0 Å². The summed E-state index contributed by atoms with van der Waals surface area (Å²) in [6.45, 7) is 1.21. The molecule has 1 amide bonds. The summed E-state index contributed by atoms with van der Waals surface area (Å²) in [5.41, 5.74) is 3.05. The van der Waals surface area contributed by atoms with Crippen LogP contribution in [0.5, 0.6) is 11.5 Å². The Morgan fingerprint density at radius 1 is 1.09 bits per heavy atom. The van der Waals surface area contributed by atoms with Crippen molar-refractivity contribution in [3.8, 4) is 23.0 Å². The first kappa shape index (κ1) is 21.7. The molecular weight excluding hydrogens is 408 g/mol. The molecule has 8 nitrogen and oxygen atoms in total. The van der Waals surface area contributed by atoms with Gasteiger partial charge in [0.15, 0.2) is 17.3 Å². The summed E-state index contributed by atoms with van der Waals surface area (Å²) in [6.07, 6.45) is 1.12. The lowest BCUT2D eigenvalue weighted by Crippen LogP contribution is -2.27. The molecule has 1 aromatic heterocycles. The molecule has 1 aliphatic rings. The van der Waals surface area contributed by atoms with Crippen LogP contribution in [0.2, 0.25) is 0 Å². The molecule has 2 heterocycles. The smallest absolute Gasteiger partial charge is 0.257 e. The minimum absolute atomic E-state index is 0.0635. The number of hydrogen-bond acceptors (Lipinski definition) is 7. The van der Waals surface area contributed by atoms with Gasteiger partial charge in [-0.2, -0.15) is 4.98 Å². The Hall–Kier alpha value is -3.55. The lowest BCUT2D eigenvalue weighted by Gasteiger charge is -2.16. The highest BCUT2D eigenvalue weighted by Gasteiger charge is 2.33. The number of anilines is 1. The average molecular weight is 437 g/mol. The van der Waals surface area contributed by atoms with Gasteiger partial charge < -0.3 is 23.8 Å². The summed E-state index contributed by atoms with van der Waals surface area (Å²) in [6, 6.07) is 13.8. The number of aromatic nitrogens is 2. The van der Waals surface area contributed by atoms with Crippen LogP contribution in [0.25, 0.3) is 11.5 Å². The molecular formula is C24H28N4O4. The third kappa shape index (κ3) is 4.54. The number of methoxy groups -OCH3 is 2. The molecule has 0 bridgehead atoms. The van der Waals surface area contributed by atoms with Gasteiger partial charge in [0.25, 0.3) is 5.89 Å². The van der Waals surface area contributed by atoms with Gasteiger partial charge in [0, 0.05) is 50.8 Å². The van der Waals surface area contributed by atoms with E-state index in [0.717, 1.165) is 23.2 Å². The predicted octanol–water partition coefficient (Wildman–Crippen LogP) is 3.38. The molecule has 1 atom stereocenters. The summed E-state index contributed by atoms with van der Waals surface area (Å²) in [7, 11) is 7.22. The Bertz CT molecular complexity index is 1080. The normalized spacial score (nSPS) is 15.8. The molecule has 8 heteroatoms. The van der Waals surface area contributed by atoms with Crippen molar-refractivity contribution in [2.24, 2.45) is 0 Å². The molecule has 1 aliphatic heterocycles. The van der Waals surface area contributed by atoms with Crippen LogP contribution >= 0.6 is 0 Å². The van der Waals surface area contributed by atoms with Gasteiger partial charge in [-0.25, -0.2) is 0 Å². The van der Waals surface area contributed by atoms with E-state index >= 15 is 0 Å². The van der Waals surface area contributed by atoms with Crippen molar-refractivity contribution in [2.75, 3.05) is 46.3 Å². The number of ether oxygens (including phenoxy) is 2. The molecule has 4 rings (SSSR count). The molecule has 0 N–H and O–H groups in total. The van der Waals surface area contributed by atoms with Crippen LogP contribution in [0.3, 0.4) is 0 Å². The highest BCUT2D eigenvalue weighted by atomic mass is 16.5. The van der Waals surface area contributed by atoms with Crippen LogP contribution in [0.1, 0.15) is 23.7 Å². The third-order valence-corrected chi connectivity index (χ3v) is 5.77. The van der Waals surface area contributed by atoms with Gasteiger partial charge in [-0.1, -0.05) is 11.2 Å². The second-order valence-electron chi connectivity index (χ2n) is 8.08. The van der Waals surface area contributed by atoms with E-state index in [0.29, 0.717) is 42.7 Å². The van der Waals surface area contributed by atoms with Crippen LogP contribution in [0, 0.1) is 0 Å². The molecule has 0 aliphatic carbocycles. The third-order valence-electron chi connectivity index (χ3n) is 5.77. The van der Waals surface area contributed by atoms with Crippen molar-refractivity contribution < 1.29 is 18.8 Å². The van der Waals surface area contributed by atoms with E-state index in [9.17, 15) is 4.79 Å². The zero-order chi connectivity index (χ0) is 22.7. The maximum absolute atomic E-state index is 12.6. The van der Waals surface area contributed by atoms with Crippen LogP contribution in [-0.2, 0) is 11.2 Å². The number of amides is 1. The monoisotopic (exact) mass is 436 g/mol. The fraction of sp³-hybridized carbons (Fsp3) is 0.375. The van der Waals surface area contributed by atoms with E-state index in [4.69, 9.17) is 14.0 Å². The molecule has 32 heavy (non-hydrogen) atoms. The highest BCUT2D eigenvalue weighted by Crippen LogP contribution is 2.30. The topological polar surface area (TPSA) is 80.9 Å². The van der Waals surface area contributed by atoms with Gasteiger partial charge in [0.05, 0.1) is 14.2 Å². The number of nitrogens with zero attached hydrogens (tertiary/aromatic N) is 4. The number of carbonyl (C=O) groups excluding carboxylic acids is 1. The van der Waals surface area contributed by atoms with E-state index in [2.05, 4.69) is 10.1 Å². The first-order chi connectivity index (χ1) is 15.5. The van der Waals surface area contributed by atoms with Gasteiger partial charge in [0.2, 0.25) is 5.91 Å². The summed E-state index contributed by atoms with van der Waals surface area (Å²) >= 11 is 0. The maximum atomic E-state index is 12.6. The number of carbonyl (C=O) groups is 1. The Kier molecular flexibility index (Phi) is 6.30. The maximum Gasteiger partial charge on any atom is 0.257 e. The van der Waals surface area contributed by atoms with Gasteiger partial charge >= 0.3 is 0 Å². The van der Waals surface area contributed by atoms with Crippen molar-refractivity contribution >= 4 is 11.6 Å². The van der Waals surface area contributed by atoms with Crippen molar-refractivity contribution in [3.63, 3.8) is 0 Å². The molecule has 168 valence electrons. The lowest BCUT2D eigenvalue weighted by atomic mass is 10.1. The van der Waals surface area contributed by atoms with E-state index in [1.165, 1.54) is 0 Å². The highest BCUT2D eigenvalue weighted by molar-refractivity contribution is 5.79. The van der Waals surface area contributed by atoms with Gasteiger partial charge in [-0.05, 0) is 48.4 Å². The Morgan fingerprint density at radius 3 is 2.53 bits per heavy atom. The van der Waals surface area contributed by atoms with Crippen LogP contribution in [0.4, 0.5) is 5.69 Å². The Balaban J connectivity index is 1.39. The fourth-order valence-corrected chi connectivity index (χ4v) is 3.88. The zero-order valence-corrected chi connectivity index (χ0v) is 18.9. The van der Waals surface area contributed by atoms with Crippen LogP contribution in [0.15, 0.2) is 47.0 Å². The van der Waals surface area contributed by atoms with E-state index in [-0.39, 0.29) is 11.8 Å². The summed E-state index contributed by atoms with van der Waals surface area (Å²) in [5, 5.41) is 4.16. The minimum Gasteiger partial charge on any atom is -0.493 e. The number of rotatable bonds is 8. The molecule has 0 spiro atoms. The lowest BCUT2D eigenvalue weighted by molar-refractivity contribution is -0.127. The molecule has 3 aromatic rings. The fourth-order valence-electron chi connectivity index (χ4n) is 3.88. The van der Waals surface area contributed by atoms with E-state index in [1.807, 2.05) is 66.4 Å².